The van der Waals surface area contributed by atoms with Crippen LogP contribution in [0.1, 0.15) is 29.6 Å². The van der Waals surface area contributed by atoms with Gasteiger partial charge in [-0.05, 0) is 34.8 Å². The van der Waals surface area contributed by atoms with E-state index in [9.17, 15) is 14.4 Å². The van der Waals surface area contributed by atoms with Crippen molar-refractivity contribution in [2.24, 2.45) is 0 Å². The lowest BCUT2D eigenvalue weighted by Gasteiger charge is -2.13. The molecule has 0 unspecified atom stereocenters. The van der Waals surface area contributed by atoms with E-state index in [0.717, 1.165) is 0 Å². The molecule has 0 saturated carbocycles. The summed E-state index contributed by atoms with van der Waals surface area (Å²) in [6.07, 6.45) is 1.36. The first-order valence-corrected chi connectivity index (χ1v) is 6.19. The number of carbonyl (C=O) groups excluding carboxylic acids is 1. The molecule has 0 aromatic carbocycles. The number of carbonyl (C=O) groups is 3. The van der Waals surface area contributed by atoms with Crippen LogP contribution in [0.2, 0.25) is 0 Å². The number of hydrogen-bond donors (Lipinski definition) is 3. The minimum Gasteiger partial charge on any atom is -0.481 e. The molecule has 0 aliphatic carbocycles. The second-order valence-corrected chi connectivity index (χ2v) is 4.48. The van der Waals surface area contributed by atoms with Gasteiger partial charge in [-0.2, -0.15) is 0 Å². The fourth-order valence-corrected chi connectivity index (χ4v) is 1.83. The summed E-state index contributed by atoms with van der Waals surface area (Å²) in [7, 11) is 0. The predicted molar refractivity (Wildman–Crippen MR) is 66.8 cm³/mol. The van der Waals surface area contributed by atoms with Gasteiger partial charge in [-0.25, -0.2) is 4.79 Å². The van der Waals surface area contributed by atoms with Crippen molar-refractivity contribution in [2.45, 2.75) is 25.3 Å². The zero-order valence-corrected chi connectivity index (χ0v) is 11.3. The molecule has 0 bridgehead atoms. The summed E-state index contributed by atoms with van der Waals surface area (Å²) in [6, 6.07) is 0.268. The van der Waals surface area contributed by atoms with E-state index in [0.29, 0.717) is 0 Å². The Labute approximate surface area is 116 Å². The van der Waals surface area contributed by atoms with Crippen LogP contribution in [0.25, 0.3) is 0 Å². The third-order valence-corrected chi connectivity index (χ3v) is 2.96. The highest BCUT2D eigenvalue weighted by Crippen LogP contribution is 2.17. The highest BCUT2D eigenvalue weighted by Gasteiger charge is 2.22. The molecule has 0 aliphatic rings. The van der Waals surface area contributed by atoms with Crippen LogP contribution >= 0.6 is 15.9 Å². The maximum Gasteiger partial charge on any atom is 0.326 e. The molecule has 1 amide bonds. The van der Waals surface area contributed by atoms with Gasteiger partial charge in [0, 0.05) is 6.42 Å². The summed E-state index contributed by atoms with van der Waals surface area (Å²) >= 11 is 3.01. The lowest BCUT2D eigenvalue weighted by Crippen LogP contribution is -2.40. The quantitative estimate of drug-likeness (QED) is 0.695. The van der Waals surface area contributed by atoms with E-state index < -0.39 is 23.9 Å². The monoisotopic (exact) mass is 333 g/mol. The van der Waals surface area contributed by atoms with E-state index in [2.05, 4.69) is 21.2 Å². The third kappa shape index (κ3) is 4.74. The van der Waals surface area contributed by atoms with Crippen LogP contribution < -0.4 is 5.32 Å². The third-order valence-electron chi connectivity index (χ3n) is 2.35. The Hall–Kier alpha value is -1.83. The lowest BCUT2D eigenvalue weighted by atomic mass is 10.1. The Morgan fingerprint density at radius 2 is 2.05 bits per heavy atom. The van der Waals surface area contributed by atoms with E-state index in [-0.39, 0.29) is 29.5 Å². The molecular formula is C11H12BrNO6. The number of rotatable bonds is 7. The Bertz CT molecular complexity index is 483. The highest BCUT2D eigenvalue weighted by atomic mass is 79.9. The van der Waals surface area contributed by atoms with Gasteiger partial charge in [0.2, 0.25) is 0 Å². The largest absolute Gasteiger partial charge is 0.481 e. The van der Waals surface area contributed by atoms with Crippen molar-refractivity contribution in [3.05, 3.63) is 22.6 Å². The molecule has 3 N–H and O–H groups in total. The zero-order chi connectivity index (χ0) is 14.4. The smallest absolute Gasteiger partial charge is 0.326 e. The van der Waals surface area contributed by atoms with Gasteiger partial charge in [-0.1, -0.05) is 0 Å². The van der Waals surface area contributed by atoms with Gasteiger partial charge in [0.1, 0.15) is 6.04 Å². The van der Waals surface area contributed by atoms with Crippen LogP contribution in [-0.4, -0.2) is 34.1 Å². The number of aliphatic carboxylic acids is 2. The molecule has 8 heteroatoms. The van der Waals surface area contributed by atoms with E-state index in [1.54, 1.807) is 0 Å². The molecular weight excluding hydrogens is 322 g/mol. The molecule has 0 aliphatic heterocycles. The van der Waals surface area contributed by atoms with Crippen LogP contribution in [0.15, 0.2) is 21.4 Å². The first kappa shape index (κ1) is 15.2. The summed E-state index contributed by atoms with van der Waals surface area (Å²) in [5.41, 5.74) is 0.185. The van der Waals surface area contributed by atoms with Gasteiger partial charge in [0.25, 0.3) is 5.91 Å². The first-order chi connectivity index (χ1) is 8.91. The number of furan rings is 1. The number of carboxylic acid groups (broad SMARTS) is 2. The average molecular weight is 334 g/mol. The highest BCUT2D eigenvalue weighted by molar-refractivity contribution is 9.10. The fraction of sp³-hybridized carbons (Fsp3) is 0.364. The van der Waals surface area contributed by atoms with Gasteiger partial charge >= 0.3 is 11.9 Å². The van der Waals surface area contributed by atoms with Crippen LogP contribution in [0.5, 0.6) is 0 Å². The van der Waals surface area contributed by atoms with Gasteiger partial charge < -0.3 is 19.9 Å². The van der Waals surface area contributed by atoms with Crippen molar-refractivity contribution in [3.63, 3.8) is 0 Å². The van der Waals surface area contributed by atoms with Gasteiger partial charge in [0.15, 0.2) is 4.67 Å². The Morgan fingerprint density at radius 1 is 1.37 bits per heavy atom. The molecule has 19 heavy (non-hydrogen) atoms. The van der Waals surface area contributed by atoms with E-state index >= 15 is 0 Å². The molecule has 0 spiro atoms. The normalized spacial score (nSPS) is 11.8. The van der Waals surface area contributed by atoms with Crippen LogP contribution in [-0.2, 0) is 9.59 Å². The van der Waals surface area contributed by atoms with Gasteiger partial charge in [-0.15, -0.1) is 0 Å². The van der Waals surface area contributed by atoms with Crippen LogP contribution in [0.4, 0.5) is 0 Å². The molecule has 1 rings (SSSR count). The summed E-state index contributed by atoms with van der Waals surface area (Å²) in [5.74, 6) is -2.81. The first-order valence-electron chi connectivity index (χ1n) is 5.40. The maximum absolute atomic E-state index is 11.8. The van der Waals surface area contributed by atoms with E-state index in [1.807, 2.05) is 0 Å². The van der Waals surface area contributed by atoms with Crippen molar-refractivity contribution in [1.29, 1.82) is 0 Å². The summed E-state index contributed by atoms with van der Waals surface area (Å²) in [4.78, 5) is 33.1. The van der Waals surface area contributed by atoms with Gasteiger partial charge in [-0.3, -0.25) is 9.59 Å². The summed E-state index contributed by atoms with van der Waals surface area (Å²) < 4.78 is 5.08. The minimum absolute atomic E-state index is 0.0445. The van der Waals surface area contributed by atoms with E-state index in [4.69, 9.17) is 14.6 Å². The predicted octanol–water partition coefficient (Wildman–Crippen LogP) is 1.48. The second-order valence-electron chi connectivity index (χ2n) is 3.76. The van der Waals surface area contributed by atoms with Crippen LogP contribution in [0.3, 0.4) is 0 Å². The molecule has 1 aromatic rings. The van der Waals surface area contributed by atoms with Crippen LogP contribution in [0, 0.1) is 0 Å². The van der Waals surface area contributed by atoms with Gasteiger partial charge in [0.05, 0.1) is 11.8 Å². The van der Waals surface area contributed by atoms with Crippen molar-refractivity contribution in [1.82, 2.24) is 5.32 Å². The summed E-state index contributed by atoms with van der Waals surface area (Å²) in [6.45, 7) is 0. The number of nitrogens with one attached hydrogen (secondary N) is 1. The molecule has 0 radical (unpaired) electrons. The Kier molecular flexibility index (Phi) is 5.56. The SMILES string of the molecule is O=C(O)CCC[C@@H](NC(=O)c1ccoc1Br)C(=O)O. The number of halogens is 1. The standard InChI is InChI=1S/C11H12BrNO6/c12-9-6(4-5-19-9)10(16)13-7(11(17)18)2-1-3-8(14)15/h4-5,7H,1-3H2,(H,13,16)(H,14,15)(H,17,18)/t7-/m1/s1. The van der Waals surface area contributed by atoms with Crippen molar-refractivity contribution in [2.75, 3.05) is 0 Å². The average Bonchev–Trinajstić information content (AvgIpc) is 2.73. The lowest BCUT2D eigenvalue weighted by molar-refractivity contribution is -0.140. The number of hydrogen-bond acceptors (Lipinski definition) is 4. The van der Waals surface area contributed by atoms with Crippen molar-refractivity contribution >= 4 is 33.8 Å². The molecule has 0 saturated heterocycles. The zero-order valence-electron chi connectivity index (χ0n) is 9.76. The molecule has 1 aromatic heterocycles. The topological polar surface area (TPSA) is 117 Å². The fourth-order valence-electron chi connectivity index (χ4n) is 1.41. The Balaban J connectivity index is 2.59. The maximum atomic E-state index is 11.8. The van der Waals surface area contributed by atoms with Crippen molar-refractivity contribution < 1.29 is 29.0 Å². The second kappa shape index (κ2) is 6.93. The van der Waals surface area contributed by atoms with Crippen molar-refractivity contribution in [3.8, 4) is 0 Å². The van der Waals surface area contributed by atoms with E-state index in [1.165, 1.54) is 12.3 Å². The molecule has 1 heterocycles. The number of carboxylic acids is 2. The molecule has 7 nitrogen and oxygen atoms in total. The molecule has 104 valence electrons. The molecule has 0 fully saturated rings. The number of amides is 1. The summed E-state index contributed by atoms with van der Waals surface area (Å²) in [5, 5.41) is 19.7. The Morgan fingerprint density at radius 3 is 2.53 bits per heavy atom. The molecule has 1 atom stereocenters. The minimum atomic E-state index is -1.21.